The van der Waals surface area contributed by atoms with Gasteiger partial charge in [-0.05, 0) is 58.4 Å². The third-order valence-corrected chi connectivity index (χ3v) is 5.69. The van der Waals surface area contributed by atoms with Gasteiger partial charge >= 0.3 is 5.97 Å². The molecule has 3 aromatic rings. The maximum atomic E-state index is 12.3. The summed E-state index contributed by atoms with van der Waals surface area (Å²) in [6.07, 6.45) is 0.552. The molecule has 0 amide bonds. The lowest BCUT2D eigenvalue weighted by Gasteiger charge is -2.21. The van der Waals surface area contributed by atoms with Gasteiger partial charge < -0.3 is 24.1 Å². The second-order valence-corrected chi connectivity index (χ2v) is 9.07. The van der Waals surface area contributed by atoms with E-state index in [2.05, 4.69) is 5.32 Å². The van der Waals surface area contributed by atoms with E-state index in [1.54, 1.807) is 47.0 Å². The minimum absolute atomic E-state index is 0.0689. The van der Waals surface area contributed by atoms with Crippen molar-refractivity contribution in [2.45, 2.75) is 65.5 Å². The van der Waals surface area contributed by atoms with Crippen molar-refractivity contribution in [1.29, 1.82) is 0 Å². The molecule has 34 heavy (non-hydrogen) atoms. The number of aromatic nitrogens is 3. The van der Waals surface area contributed by atoms with Gasteiger partial charge in [0.1, 0.15) is 11.9 Å². The highest BCUT2D eigenvalue weighted by Crippen LogP contribution is 2.29. The zero-order chi connectivity index (χ0) is 25.2. The average Bonchev–Trinajstić information content (AvgIpc) is 3.14. The molecule has 0 bridgehead atoms. The van der Waals surface area contributed by atoms with Crippen LogP contribution in [0.25, 0.3) is 22.4 Å². The number of rotatable bonds is 9. The molecule has 0 aliphatic rings. The molecule has 2 aromatic heterocycles. The Morgan fingerprint density at radius 2 is 1.91 bits per heavy atom. The molecule has 0 aliphatic carbocycles. The summed E-state index contributed by atoms with van der Waals surface area (Å²) in [5, 5.41) is 23.0. The molecule has 3 rings (SSSR count). The van der Waals surface area contributed by atoms with Crippen LogP contribution in [0.3, 0.4) is 0 Å². The Morgan fingerprint density at radius 3 is 2.50 bits per heavy atom. The number of aryl methyl sites for hydroxylation is 2. The van der Waals surface area contributed by atoms with Crippen LogP contribution in [0, 0.1) is 6.92 Å². The van der Waals surface area contributed by atoms with E-state index in [4.69, 9.17) is 9.72 Å². The lowest BCUT2D eigenvalue weighted by Crippen LogP contribution is -2.46. The zero-order valence-corrected chi connectivity index (χ0v) is 20.6. The Labute approximate surface area is 199 Å². The number of carbonyl (C=O) groups is 1. The number of carbonyl (C=O) groups excluding carboxylic acids is 1. The predicted octanol–water partition coefficient (Wildman–Crippen LogP) is 2.05. The molecule has 2 unspecified atom stereocenters. The van der Waals surface area contributed by atoms with Gasteiger partial charge in [0.2, 0.25) is 0 Å². The number of fused-ring (bicyclic) bond motifs is 1. The van der Waals surface area contributed by atoms with Gasteiger partial charge in [-0.15, -0.1) is 0 Å². The van der Waals surface area contributed by atoms with Crippen molar-refractivity contribution in [2.75, 3.05) is 6.61 Å². The number of nitrogens with one attached hydrogen (secondary N) is 1. The summed E-state index contributed by atoms with van der Waals surface area (Å²) in [7, 11) is 1.70. The molecule has 184 valence electrons. The molecule has 3 N–H and O–H groups in total. The number of hydrogen-bond acceptors (Lipinski definition) is 7. The summed E-state index contributed by atoms with van der Waals surface area (Å²) >= 11 is 0. The summed E-state index contributed by atoms with van der Waals surface area (Å²) in [6, 6.07) is 6.48. The summed E-state index contributed by atoms with van der Waals surface area (Å²) in [5.74, 6) is 0.155. The van der Waals surface area contributed by atoms with Crippen molar-refractivity contribution >= 4 is 17.0 Å². The SMILES string of the molecule is Cc1cc(-c2nc3cc(CNC(C(=O)OC(C)C)C(C)O)ccc3n2[C@H](C)CO)cn(C)c1=O. The number of aliphatic hydroxyl groups is 2. The fourth-order valence-corrected chi connectivity index (χ4v) is 3.97. The van der Waals surface area contributed by atoms with Crippen LogP contribution in [0.1, 0.15) is 44.9 Å². The number of imidazole rings is 1. The smallest absolute Gasteiger partial charge is 0.326 e. The summed E-state index contributed by atoms with van der Waals surface area (Å²) in [4.78, 5) is 29.3. The van der Waals surface area contributed by atoms with Crippen molar-refractivity contribution in [3.63, 3.8) is 0 Å². The number of nitrogens with zero attached hydrogens (tertiary/aromatic N) is 3. The maximum absolute atomic E-state index is 12.3. The molecule has 1 aromatic carbocycles. The highest BCUT2D eigenvalue weighted by Gasteiger charge is 2.26. The number of benzene rings is 1. The lowest BCUT2D eigenvalue weighted by molar-refractivity contribution is -0.152. The Morgan fingerprint density at radius 1 is 1.21 bits per heavy atom. The van der Waals surface area contributed by atoms with Crippen LogP contribution in [0.15, 0.2) is 35.3 Å². The number of pyridine rings is 1. The molecule has 9 nitrogen and oxygen atoms in total. The molecular formula is C25H34N4O5. The molecule has 0 saturated carbocycles. The molecule has 0 aliphatic heterocycles. The Hall–Kier alpha value is -3.01. The first-order valence-corrected chi connectivity index (χ1v) is 11.4. The van der Waals surface area contributed by atoms with Gasteiger partial charge in [0.15, 0.2) is 0 Å². The molecule has 9 heteroatoms. The van der Waals surface area contributed by atoms with E-state index >= 15 is 0 Å². The van der Waals surface area contributed by atoms with E-state index < -0.39 is 18.1 Å². The zero-order valence-electron chi connectivity index (χ0n) is 20.6. The summed E-state index contributed by atoms with van der Waals surface area (Å²) < 4.78 is 8.73. The monoisotopic (exact) mass is 470 g/mol. The highest BCUT2D eigenvalue weighted by atomic mass is 16.5. The average molecular weight is 471 g/mol. The van der Waals surface area contributed by atoms with Gasteiger partial charge in [0.25, 0.3) is 5.56 Å². The molecule has 0 saturated heterocycles. The number of aliphatic hydroxyl groups excluding tert-OH is 2. The Kier molecular flexibility index (Phi) is 7.91. The Bertz CT molecular complexity index is 1200. The van der Waals surface area contributed by atoms with Crippen LogP contribution < -0.4 is 10.9 Å². The predicted molar refractivity (Wildman–Crippen MR) is 130 cm³/mol. The molecule has 0 radical (unpaired) electrons. The van der Waals surface area contributed by atoms with Gasteiger partial charge in [-0.25, -0.2) is 4.98 Å². The van der Waals surface area contributed by atoms with Crippen LogP contribution in [0.2, 0.25) is 0 Å². The third kappa shape index (κ3) is 5.38. The maximum Gasteiger partial charge on any atom is 0.326 e. The second kappa shape index (κ2) is 10.5. The highest BCUT2D eigenvalue weighted by molar-refractivity contribution is 5.81. The van der Waals surface area contributed by atoms with Crippen LogP contribution in [0.5, 0.6) is 0 Å². The van der Waals surface area contributed by atoms with E-state index in [1.165, 1.54) is 4.57 Å². The van der Waals surface area contributed by atoms with Crippen LogP contribution in [-0.2, 0) is 23.1 Å². The molecule has 0 spiro atoms. The van der Waals surface area contributed by atoms with E-state index in [0.717, 1.165) is 22.2 Å². The number of hydrogen-bond donors (Lipinski definition) is 3. The normalized spacial score (nSPS) is 14.4. The fourth-order valence-electron chi connectivity index (χ4n) is 3.97. The molecular weight excluding hydrogens is 436 g/mol. The van der Waals surface area contributed by atoms with E-state index in [-0.39, 0.29) is 24.3 Å². The van der Waals surface area contributed by atoms with Gasteiger partial charge in [0.05, 0.1) is 35.9 Å². The van der Waals surface area contributed by atoms with Gasteiger partial charge in [-0.2, -0.15) is 0 Å². The van der Waals surface area contributed by atoms with E-state index in [9.17, 15) is 19.8 Å². The van der Waals surface area contributed by atoms with Crippen molar-refractivity contribution in [3.05, 3.63) is 51.9 Å². The molecule has 0 fully saturated rings. The number of esters is 1. The van der Waals surface area contributed by atoms with Crippen molar-refractivity contribution in [1.82, 2.24) is 19.4 Å². The lowest BCUT2D eigenvalue weighted by atomic mass is 10.1. The number of ether oxygens (including phenoxy) is 1. The van der Waals surface area contributed by atoms with E-state index in [0.29, 0.717) is 17.9 Å². The topological polar surface area (TPSA) is 119 Å². The van der Waals surface area contributed by atoms with Crippen LogP contribution in [0.4, 0.5) is 0 Å². The van der Waals surface area contributed by atoms with Crippen LogP contribution in [-0.4, -0.2) is 55.2 Å². The minimum atomic E-state index is -0.917. The van der Waals surface area contributed by atoms with Gasteiger partial charge in [0, 0.05) is 30.9 Å². The fraction of sp³-hybridized carbons (Fsp3) is 0.480. The van der Waals surface area contributed by atoms with Crippen molar-refractivity contribution in [3.8, 4) is 11.4 Å². The van der Waals surface area contributed by atoms with Crippen molar-refractivity contribution < 1.29 is 19.7 Å². The first-order chi connectivity index (χ1) is 16.0. The Balaban J connectivity index is 1.98. The van der Waals surface area contributed by atoms with Gasteiger partial charge in [-0.3, -0.25) is 14.9 Å². The quantitative estimate of drug-likeness (QED) is 0.410. The first-order valence-electron chi connectivity index (χ1n) is 11.4. The molecule has 2 heterocycles. The van der Waals surface area contributed by atoms with Gasteiger partial charge in [-0.1, -0.05) is 6.07 Å². The van der Waals surface area contributed by atoms with E-state index in [1.807, 2.05) is 29.7 Å². The standard InChI is InChI=1S/C25H34N4O5/c1-14(2)34-25(33)22(17(5)31)26-11-18-7-8-21-20(10-18)27-23(29(21)16(4)13-30)19-9-15(3)24(32)28(6)12-19/h7-10,12,14,16-17,22,26,30-31H,11,13H2,1-6H3/t16-,17?,22?/m1/s1. The van der Waals surface area contributed by atoms with Crippen LogP contribution >= 0.6 is 0 Å². The first kappa shape index (κ1) is 25.6. The second-order valence-electron chi connectivity index (χ2n) is 9.07. The molecule has 3 atom stereocenters. The largest absolute Gasteiger partial charge is 0.462 e. The summed E-state index contributed by atoms with van der Waals surface area (Å²) in [6.45, 7) is 9.00. The minimum Gasteiger partial charge on any atom is -0.462 e. The summed E-state index contributed by atoms with van der Waals surface area (Å²) in [5.41, 5.74) is 3.76. The van der Waals surface area contributed by atoms with Crippen molar-refractivity contribution in [2.24, 2.45) is 7.05 Å². The third-order valence-electron chi connectivity index (χ3n) is 5.69.